The summed E-state index contributed by atoms with van der Waals surface area (Å²) in [7, 11) is 3.54. The van der Waals surface area contributed by atoms with Crippen molar-refractivity contribution in [3.8, 4) is 5.88 Å². The molecule has 1 N–H and O–H groups in total. The smallest absolute Gasteiger partial charge is 0.216 e. The molecule has 1 aliphatic rings. The number of hydrogen-bond acceptors (Lipinski definition) is 4. The first-order chi connectivity index (χ1) is 11.5. The van der Waals surface area contributed by atoms with Gasteiger partial charge in [-0.05, 0) is 44.0 Å². The van der Waals surface area contributed by atoms with Crippen LogP contribution in [-0.2, 0) is 7.05 Å². The van der Waals surface area contributed by atoms with Gasteiger partial charge in [0, 0.05) is 19.6 Å². The molecule has 1 aromatic carbocycles. The molecule has 2 aromatic rings. The fourth-order valence-electron chi connectivity index (χ4n) is 3.66. The number of ether oxygens (including phenoxy) is 1. The number of aryl methyl sites for hydroxylation is 2. The number of rotatable bonds is 5. The summed E-state index contributed by atoms with van der Waals surface area (Å²) in [5, 5.41) is 15.0. The molecule has 2 heterocycles. The summed E-state index contributed by atoms with van der Waals surface area (Å²) < 4.78 is 20.3. The largest absolute Gasteiger partial charge is 0.481 e. The van der Waals surface area contributed by atoms with Crippen LogP contribution in [0.1, 0.15) is 41.8 Å². The molecule has 0 radical (unpaired) electrons. The van der Waals surface area contributed by atoms with Crippen molar-refractivity contribution in [1.82, 2.24) is 14.7 Å². The fourth-order valence-corrected chi connectivity index (χ4v) is 3.66. The molecule has 130 valence electrons. The Morgan fingerprint density at radius 1 is 1.38 bits per heavy atom. The van der Waals surface area contributed by atoms with Gasteiger partial charge in [0.25, 0.3) is 0 Å². The van der Waals surface area contributed by atoms with Gasteiger partial charge in [-0.3, -0.25) is 4.90 Å². The molecule has 3 rings (SSSR count). The number of β-amino-alcohol motifs (C(OH)–C–C–N with tert-alkyl or cyclic N) is 1. The number of nitrogens with zero attached hydrogens (tertiary/aromatic N) is 3. The number of aliphatic hydroxyl groups is 1. The summed E-state index contributed by atoms with van der Waals surface area (Å²) in [5.41, 5.74) is 2.79. The molecule has 2 atom stereocenters. The van der Waals surface area contributed by atoms with Crippen LogP contribution in [-0.4, -0.2) is 40.0 Å². The van der Waals surface area contributed by atoms with E-state index in [1.54, 1.807) is 23.9 Å². The van der Waals surface area contributed by atoms with Crippen LogP contribution in [0.2, 0.25) is 0 Å². The third-order valence-electron chi connectivity index (χ3n) is 4.77. The lowest BCUT2D eigenvalue weighted by molar-refractivity contribution is 0.105. The molecular formula is C18H24FN3O2. The van der Waals surface area contributed by atoms with Crippen molar-refractivity contribution >= 4 is 0 Å². The summed E-state index contributed by atoms with van der Waals surface area (Å²) in [6.07, 6.45) is 1.44. The van der Waals surface area contributed by atoms with E-state index < -0.39 is 6.10 Å². The van der Waals surface area contributed by atoms with E-state index in [0.717, 1.165) is 42.1 Å². The van der Waals surface area contributed by atoms with Crippen molar-refractivity contribution in [3.05, 3.63) is 46.9 Å². The average molecular weight is 333 g/mol. The molecule has 1 aliphatic heterocycles. The first-order valence-corrected chi connectivity index (χ1v) is 8.26. The van der Waals surface area contributed by atoms with Gasteiger partial charge in [-0.15, -0.1) is 0 Å². The maximum atomic E-state index is 13.1. The summed E-state index contributed by atoms with van der Waals surface area (Å²) >= 11 is 0. The highest BCUT2D eigenvalue weighted by Crippen LogP contribution is 2.39. The van der Waals surface area contributed by atoms with Crippen molar-refractivity contribution in [1.29, 1.82) is 0 Å². The molecule has 5 nitrogen and oxygen atoms in total. The van der Waals surface area contributed by atoms with Crippen molar-refractivity contribution in [2.45, 2.75) is 31.9 Å². The molecule has 0 bridgehead atoms. The number of methoxy groups -OCH3 is 1. The number of likely N-dealkylation sites (tertiary alicyclic amines) is 1. The van der Waals surface area contributed by atoms with Gasteiger partial charge >= 0.3 is 0 Å². The summed E-state index contributed by atoms with van der Waals surface area (Å²) in [6, 6.07) is 6.23. The Bertz CT molecular complexity index is 699. The van der Waals surface area contributed by atoms with E-state index in [0.29, 0.717) is 6.54 Å². The zero-order valence-electron chi connectivity index (χ0n) is 14.4. The van der Waals surface area contributed by atoms with Gasteiger partial charge in [0.05, 0.1) is 24.5 Å². The van der Waals surface area contributed by atoms with Gasteiger partial charge in [-0.2, -0.15) is 5.10 Å². The van der Waals surface area contributed by atoms with Crippen molar-refractivity contribution in [3.63, 3.8) is 0 Å². The van der Waals surface area contributed by atoms with Crippen LogP contribution in [0.25, 0.3) is 0 Å². The minimum atomic E-state index is -0.644. The van der Waals surface area contributed by atoms with E-state index in [1.165, 1.54) is 12.1 Å². The van der Waals surface area contributed by atoms with E-state index >= 15 is 0 Å². The lowest BCUT2D eigenvalue weighted by atomic mass is 10.0. The second-order valence-electron chi connectivity index (χ2n) is 6.35. The lowest BCUT2D eigenvalue weighted by Gasteiger charge is -2.27. The minimum absolute atomic E-state index is 0.184. The normalized spacial score (nSPS) is 19.6. The second-order valence-corrected chi connectivity index (χ2v) is 6.35. The SMILES string of the molecule is COc1c([C@@H]2CCCN2C[C@H](O)c2ccc(F)cc2)c(C)nn1C. The van der Waals surface area contributed by atoms with E-state index in [4.69, 9.17) is 4.74 Å². The van der Waals surface area contributed by atoms with E-state index in [1.807, 2.05) is 14.0 Å². The predicted molar refractivity (Wildman–Crippen MR) is 89.4 cm³/mol. The van der Waals surface area contributed by atoms with Crippen molar-refractivity contribution < 1.29 is 14.2 Å². The monoisotopic (exact) mass is 333 g/mol. The maximum absolute atomic E-state index is 13.1. The van der Waals surface area contributed by atoms with Crippen molar-refractivity contribution in [2.75, 3.05) is 20.2 Å². The van der Waals surface area contributed by atoms with Crippen LogP contribution in [0.5, 0.6) is 5.88 Å². The molecule has 24 heavy (non-hydrogen) atoms. The van der Waals surface area contributed by atoms with Gasteiger partial charge in [-0.1, -0.05) is 12.1 Å². The standard InChI is InChI=1S/C18H24FN3O2/c1-12-17(18(24-3)21(2)20-12)15-5-4-10-22(15)11-16(23)13-6-8-14(19)9-7-13/h6-9,15-16,23H,4-5,10-11H2,1-3H3/t15-,16-/m0/s1. The number of hydrogen-bond donors (Lipinski definition) is 1. The zero-order valence-corrected chi connectivity index (χ0v) is 14.4. The van der Waals surface area contributed by atoms with Gasteiger partial charge in [0.15, 0.2) is 0 Å². The molecule has 0 spiro atoms. The first-order valence-electron chi connectivity index (χ1n) is 8.26. The molecule has 0 amide bonds. The molecule has 1 aromatic heterocycles. The van der Waals surface area contributed by atoms with E-state index in [-0.39, 0.29) is 11.9 Å². The lowest BCUT2D eigenvalue weighted by Crippen LogP contribution is -2.29. The highest BCUT2D eigenvalue weighted by atomic mass is 19.1. The van der Waals surface area contributed by atoms with Crippen LogP contribution in [0, 0.1) is 12.7 Å². The number of benzene rings is 1. The molecule has 1 saturated heterocycles. The molecule has 1 fully saturated rings. The Hall–Kier alpha value is -1.92. The summed E-state index contributed by atoms with van der Waals surface area (Å²) in [4.78, 5) is 2.26. The van der Waals surface area contributed by atoms with Gasteiger partial charge in [0.1, 0.15) is 5.82 Å². The third-order valence-corrected chi connectivity index (χ3v) is 4.77. The fraction of sp³-hybridized carbons (Fsp3) is 0.500. The number of aromatic nitrogens is 2. The highest BCUT2D eigenvalue weighted by molar-refractivity contribution is 5.35. The first kappa shape index (κ1) is 16.9. The number of aliphatic hydroxyl groups excluding tert-OH is 1. The Balaban J connectivity index is 1.80. The average Bonchev–Trinajstić information content (AvgIpc) is 3.10. The maximum Gasteiger partial charge on any atom is 0.216 e. The summed E-state index contributed by atoms with van der Waals surface area (Å²) in [6.45, 7) is 3.42. The molecule has 0 unspecified atom stereocenters. The highest BCUT2D eigenvalue weighted by Gasteiger charge is 2.33. The topological polar surface area (TPSA) is 50.5 Å². The van der Waals surface area contributed by atoms with Crippen LogP contribution in [0.15, 0.2) is 24.3 Å². The van der Waals surface area contributed by atoms with Gasteiger partial charge < -0.3 is 9.84 Å². The Morgan fingerprint density at radius 3 is 2.75 bits per heavy atom. The second kappa shape index (κ2) is 6.91. The van der Waals surface area contributed by atoms with Crippen molar-refractivity contribution in [2.24, 2.45) is 7.05 Å². The molecule has 6 heteroatoms. The number of halogens is 1. The predicted octanol–water partition coefficient (Wildman–Crippen LogP) is 2.75. The van der Waals surface area contributed by atoms with Crippen LogP contribution >= 0.6 is 0 Å². The van der Waals surface area contributed by atoms with Gasteiger partial charge in [-0.25, -0.2) is 9.07 Å². The molecule has 0 saturated carbocycles. The van der Waals surface area contributed by atoms with E-state index in [2.05, 4.69) is 10.00 Å². The zero-order chi connectivity index (χ0) is 17.3. The molecule has 0 aliphatic carbocycles. The quantitative estimate of drug-likeness (QED) is 0.914. The third kappa shape index (κ3) is 3.16. The van der Waals surface area contributed by atoms with Gasteiger partial charge in [0.2, 0.25) is 5.88 Å². The summed E-state index contributed by atoms with van der Waals surface area (Å²) in [5.74, 6) is 0.487. The van der Waals surface area contributed by atoms with E-state index in [9.17, 15) is 9.50 Å². The van der Waals surface area contributed by atoms with Crippen LogP contribution in [0.3, 0.4) is 0 Å². The Morgan fingerprint density at radius 2 is 2.08 bits per heavy atom. The Kier molecular flexibility index (Phi) is 4.87. The van der Waals surface area contributed by atoms with Crippen LogP contribution in [0.4, 0.5) is 4.39 Å². The minimum Gasteiger partial charge on any atom is -0.481 e. The van der Waals surface area contributed by atoms with Crippen LogP contribution < -0.4 is 4.74 Å². The molecular weight excluding hydrogens is 309 g/mol. The Labute approximate surface area is 141 Å².